The molecule has 0 atom stereocenters. The average molecular weight is 314 g/mol. The normalized spacial score (nSPS) is 11.6. The second-order valence-electron chi connectivity index (χ2n) is 4.33. The maximum atomic E-state index is 11.3. The van der Waals surface area contributed by atoms with Crippen LogP contribution in [0, 0.1) is 0 Å². The first-order valence-corrected chi connectivity index (χ1v) is 8.04. The number of rotatable bonds is 5. The van der Waals surface area contributed by atoms with Gasteiger partial charge in [-0.15, -0.1) is 0 Å². The maximum Gasteiger partial charge on any atom is 0.238 e. The van der Waals surface area contributed by atoms with Crippen LogP contribution in [-0.2, 0) is 23.1 Å². The number of sulfonamides is 1. The Morgan fingerprint density at radius 2 is 2.10 bits per heavy atom. The summed E-state index contributed by atoms with van der Waals surface area (Å²) in [7, 11) is -3.73. The summed E-state index contributed by atoms with van der Waals surface area (Å²) in [6.45, 7) is 3.47. The molecule has 0 spiro atoms. The summed E-state index contributed by atoms with van der Waals surface area (Å²) in [5.41, 5.74) is 1.63. The van der Waals surface area contributed by atoms with E-state index in [1.165, 1.54) is 18.2 Å². The highest BCUT2D eigenvalue weighted by Gasteiger charge is 2.11. The summed E-state index contributed by atoms with van der Waals surface area (Å²) >= 11 is 6.06. The van der Waals surface area contributed by atoms with Crippen LogP contribution < -0.4 is 10.5 Å². The fourth-order valence-corrected chi connectivity index (χ4v) is 2.65. The predicted molar refractivity (Wildman–Crippen MR) is 80.3 cm³/mol. The molecule has 0 radical (unpaired) electrons. The number of nitrogens with one attached hydrogen (secondary N) is 1. The van der Waals surface area contributed by atoms with Gasteiger partial charge in [-0.05, 0) is 37.3 Å². The molecule has 0 aliphatic heterocycles. The Hall–Kier alpha value is -1.50. The Balaban J connectivity index is 2.21. The summed E-state index contributed by atoms with van der Waals surface area (Å²) in [6, 6.07) is 8.30. The zero-order chi connectivity index (χ0) is 14.8. The van der Waals surface area contributed by atoms with E-state index in [9.17, 15) is 8.42 Å². The molecule has 0 amide bonds. The van der Waals surface area contributed by atoms with Crippen LogP contribution in [-0.4, -0.2) is 13.0 Å². The molecule has 20 heavy (non-hydrogen) atoms. The third kappa shape index (κ3) is 3.33. The van der Waals surface area contributed by atoms with Gasteiger partial charge in [-0.1, -0.05) is 11.6 Å². The lowest BCUT2D eigenvalue weighted by Gasteiger charge is -2.11. The lowest BCUT2D eigenvalue weighted by atomic mass is 10.3. The first-order valence-electron chi connectivity index (χ1n) is 6.12. The van der Waals surface area contributed by atoms with E-state index in [2.05, 4.69) is 16.8 Å². The molecule has 1 heterocycles. The minimum atomic E-state index is -3.73. The van der Waals surface area contributed by atoms with E-state index < -0.39 is 10.0 Å². The smallest absolute Gasteiger partial charge is 0.238 e. The van der Waals surface area contributed by atoms with Gasteiger partial charge in [-0.25, -0.2) is 13.6 Å². The number of hydrogen-bond acceptors (Lipinski definition) is 3. The number of aryl methyl sites for hydroxylation is 1. The van der Waals surface area contributed by atoms with Crippen LogP contribution >= 0.6 is 11.6 Å². The number of aromatic nitrogens is 1. The van der Waals surface area contributed by atoms with E-state index in [0.29, 0.717) is 17.3 Å². The third-order valence-electron chi connectivity index (χ3n) is 2.99. The first-order chi connectivity index (χ1) is 9.41. The van der Waals surface area contributed by atoms with E-state index in [4.69, 9.17) is 16.7 Å². The number of anilines is 1. The molecule has 0 unspecified atom stereocenters. The molecule has 7 heteroatoms. The molecular weight excluding hydrogens is 298 g/mol. The molecule has 3 N–H and O–H groups in total. The monoisotopic (exact) mass is 313 g/mol. The second kappa shape index (κ2) is 5.87. The van der Waals surface area contributed by atoms with Crippen LogP contribution in [0.15, 0.2) is 41.4 Å². The van der Waals surface area contributed by atoms with Crippen LogP contribution in [0.25, 0.3) is 0 Å². The van der Waals surface area contributed by atoms with Crippen molar-refractivity contribution in [2.45, 2.75) is 24.9 Å². The molecule has 2 rings (SSSR count). The van der Waals surface area contributed by atoms with Gasteiger partial charge < -0.3 is 9.88 Å². The van der Waals surface area contributed by atoms with Crippen molar-refractivity contribution in [1.82, 2.24) is 4.57 Å². The average Bonchev–Trinajstić information content (AvgIpc) is 2.83. The van der Waals surface area contributed by atoms with Gasteiger partial charge in [0.2, 0.25) is 10.0 Å². The number of halogens is 1. The summed E-state index contributed by atoms with van der Waals surface area (Å²) in [5, 5.41) is 8.69. The van der Waals surface area contributed by atoms with Gasteiger partial charge in [0.15, 0.2) is 0 Å². The molecule has 0 bridgehead atoms. The van der Waals surface area contributed by atoms with Gasteiger partial charge in [0.05, 0.1) is 22.2 Å². The van der Waals surface area contributed by atoms with Gasteiger partial charge in [-0.2, -0.15) is 0 Å². The van der Waals surface area contributed by atoms with E-state index >= 15 is 0 Å². The van der Waals surface area contributed by atoms with Gasteiger partial charge >= 0.3 is 0 Å². The zero-order valence-electron chi connectivity index (χ0n) is 11.0. The van der Waals surface area contributed by atoms with Gasteiger partial charge in [0, 0.05) is 18.4 Å². The Morgan fingerprint density at radius 3 is 2.75 bits per heavy atom. The molecule has 0 fully saturated rings. The van der Waals surface area contributed by atoms with Crippen molar-refractivity contribution >= 4 is 27.3 Å². The number of benzene rings is 1. The number of nitrogens with zero attached hydrogens (tertiary/aromatic N) is 1. The molecular formula is C13H16ClN3O2S. The summed E-state index contributed by atoms with van der Waals surface area (Å²) in [4.78, 5) is 0.0373. The number of primary sulfonamides is 1. The molecule has 1 aromatic heterocycles. The summed E-state index contributed by atoms with van der Waals surface area (Å²) in [6.07, 6.45) is 1.99. The quantitative estimate of drug-likeness (QED) is 0.890. The highest BCUT2D eigenvalue weighted by molar-refractivity contribution is 7.89. The fourth-order valence-electron chi connectivity index (χ4n) is 1.92. The zero-order valence-corrected chi connectivity index (χ0v) is 12.6. The third-order valence-corrected chi connectivity index (χ3v) is 4.23. The molecule has 2 aromatic rings. The Labute approximate surface area is 123 Å². The highest BCUT2D eigenvalue weighted by atomic mass is 35.5. The first kappa shape index (κ1) is 14.9. The maximum absolute atomic E-state index is 11.3. The van der Waals surface area contributed by atoms with Crippen molar-refractivity contribution < 1.29 is 8.42 Å². The van der Waals surface area contributed by atoms with Crippen LogP contribution in [0.1, 0.15) is 12.6 Å². The lowest BCUT2D eigenvalue weighted by molar-refractivity contribution is 0.598. The second-order valence-corrected chi connectivity index (χ2v) is 6.29. The Morgan fingerprint density at radius 1 is 1.35 bits per heavy atom. The minimum Gasteiger partial charge on any atom is -0.378 e. The molecule has 0 aliphatic carbocycles. The van der Waals surface area contributed by atoms with Gasteiger partial charge in [-0.3, -0.25) is 0 Å². The topological polar surface area (TPSA) is 77.1 Å². The predicted octanol–water partition coefficient (Wildman–Crippen LogP) is 2.42. The lowest BCUT2D eigenvalue weighted by Crippen LogP contribution is -2.13. The highest BCUT2D eigenvalue weighted by Crippen LogP contribution is 2.25. The standard InChI is InChI=1S/C13H16ClN3O2S/c1-2-17-7-3-4-10(17)9-16-13-8-11(20(15,18)19)5-6-12(13)14/h3-8,16H,2,9H2,1H3,(H2,15,18,19). The molecule has 0 saturated heterocycles. The summed E-state index contributed by atoms with van der Waals surface area (Å²) < 4.78 is 24.8. The fraction of sp³-hybridized carbons (Fsp3) is 0.231. The van der Waals surface area contributed by atoms with Crippen molar-refractivity contribution in [3.8, 4) is 0 Å². The minimum absolute atomic E-state index is 0.0373. The van der Waals surface area contributed by atoms with Crippen molar-refractivity contribution in [3.05, 3.63) is 47.2 Å². The van der Waals surface area contributed by atoms with Crippen molar-refractivity contribution in [3.63, 3.8) is 0 Å². The molecule has 108 valence electrons. The van der Waals surface area contributed by atoms with Crippen molar-refractivity contribution in [1.29, 1.82) is 0 Å². The van der Waals surface area contributed by atoms with Crippen LogP contribution in [0.2, 0.25) is 5.02 Å². The van der Waals surface area contributed by atoms with E-state index in [1.807, 2.05) is 18.3 Å². The van der Waals surface area contributed by atoms with E-state index in [0.717, 1.165) is 12.2 Å². The molecule has 0 aliphatic rings. The number of nitrogens with two attached hydrogens (primary N) is 1. The van der Waals surface area contributed by atoms with Gasteiger partial charge in [0.1, 0.15) is 0 Å². The molecule has 0 saturated carbocycles. The van der Waals surface area contributed by atoms with Crippen LogP contribution in [0.4, 0.5) is 5.69 Å². The van der Waals surface area contributed by atoms with E-state index in [1.54, 1.807) is 0 Å². The van der Waals surface area contributed by atoms with E-state index in [-0.39, 0.29) is 4.90 Å². The van der Waals surface area contributed by atoms with Crippen molar-refractivity contribution in [2.75, 3.05) is 5.32 Å². The molecule has 5 nitrogen and oxygen atoms in total. The Kier molecular flexibility index (Phi) is 4.37. The largest absolute Gasteiger partial charge is 0.378 e. The molecule has 1 aromatic carbocycles. The van der Waals surface area contributed by atoms with Crippen molar-refractivity contribution in [2.24, 2.45) is 5.14 Å². The summed E-state index contributed by atoms with van der Waals surface area (Å²) in [5.74, 6) is 0. The van der Waals surface area contributed by atoms with Crippen LogP contribution in [0.5, 0.6) is 0 Å². The SMILES string of the molecule is CCn1cccc1CNc1cc(S(N)(=O)=O)ccc1Cl. The number of hydrogen-bond donors (Lipinski definition) is 2. The van der Waals surface area contributed by atoms with Crippen LogP contribution in [0.3, 0.4) is 0 Å². The van der Waals surface area contributed by atoms with Gasteiger partial charge in [0.25, 0.3) is 0 Å². The Bertz CT molecular complexity index is 710.